The van der Waals surface area contributed by atoms with Crippen molar-refractivity contribution < 1.29 is 9.66 Å². The lowest BCUT2D eigenvalue weighted by Crippen LogP contribution is -1.99. The third-order valence-corrected chi connectivity index (χ3v) is 4.28. The largest absolute Gasteiger partial charge is 0.487 e. The highest BCUT2D eigenvalue weighted by atomic mass is 32.2. The van der Waals surface area contributed by atoms with Gasteiger partial charge in [0.1, 0.15) is 0 Å². The first kappa shape index (κ1) is 16.9. The Balaban J connectivity index is 1.91. The zero-order chi connectivity index (χ0) is 17.8. The molecule has 1 heterocycles. The second-order valence-electron chi connectivity index (χ2n) is 5.13. The van der Waals surface area contributed by atoms with Crippen LogP contribution in [0, 0.1) is 17.0 Å². The molecule has 0 amide bonds. The van der Waals surface area contributed by atoms with Crippen LogP contribution in [0.5, 0.6) is 5.75 Å². The van der Waals surface area contributed by atoms with Crippen molar-refractivity contribution in [2.45, 2.75) is 23.9 Å². The highest BCUT2D eigenvalue weighted by molar-refractivity contribution is 7.99. The number of nitrogens with zero attached hydrogens (tertiary/aromatic N) is 5. The smallest absolute Gasteiger partial charge is 0.310 e. The molecule has 0 aliphatic carbocycles. The molecular weight excluding hydrogens is 342 g/mol. The van der Waals surface area contributed by atoms with Crippen molar-refractivity contribution in [2.75, 3.05) is 6.61 Å². The third kappa shape index (κ3) is 3.77. The predicted molar refractivity (Wildman–Crippen MR) is 92.3 cm³/mol. The van der Waals surface area contributed by atoms with Crippen LogP contribution in [-0.4, -0.2) is 31.7 Å². The normalized spacial score (nSPS) is 10.6. The number of aryl methyl sites for hydroxylation is 1. The third-order valence-electron chi connectivity index (χ3n) is 3.36. The van der Waals surface area contributed by atoms with Crippen molar-refractivity contribution in [3.05, 3.63) is 58.1 Å². The van der Waals surface area contributed by atoms with E-state index in [1.165, 1.54) is 17.8 Å². The van der Waals surface area contributed by atoms with Crippen molar-refractivity contribution >= 4 is 17.4 Å². The van der Waals surface area contributed by atoms with Crippen LogP contribution in [0.2, 0.25) is 0 Å². The Kier molecular flexibility index (Phi) is 4.94. The molecule has 0 fully saturated rings. The molecule has 2 aromatic carbocycles. The zero-order valence-corrected chi connectivity index (χ0v) is 14.4. The topological polar surface area (TPSA) is 96.0 Å². The number of hydrogen-bond acceptors (Lipinski definition) is 7. The van der Waals surface area contributed by atoms with Gasteiger partial charge in [-0.25, -0.2) is 0 Å². The van der Waals surface area contributed by atoms with Crippen LogP contribution in [0.3, 0.4) is 0 Å². The molecule has 0 saturated carbocycles. The van der Waals surface area contributed by atoms with Gasteiger partial charge in [-0.2, -0.15) is 4.68 Å². The number of hydrogen-bond donors (Lipinski definition) is 0. The molecule has 0 atom stereocenters. The maximum atomic E-state index is 11.1. The van der Waals surface area contributed by atoms with Gasteiger partial charge < -0.3 is 4.74 Å². The van der Waals surface area contributed by atoms with Crippen molar-refractivity contribution in [3.63, 3.8) is 0 Å². The number of rotatable bonds is 6. The van der Waals surface area contributed by atoms with Crippen molar-refractivity contribution in [2.24, 2.45) is 0 Å². The molecular formula is C16H15N5O3S. The fourth-order valence-corrected chi connectivity index (χ4v) is 2.99. The van der Waals surface area contributed by atoms with Gasteiger partial charge in [-0.05, 0) is 54.2 Å². The summed E-state index contributed by atoms with van der Waals surface area (Å²) in [6, 6.07) is 12.5. The highest BCUT2D eigenvalue weighted by Gasteiger charge is 2.17. The number of aromatic nitrogens is 4. The van der Waals surface area contributed by atoms with E-state index >= 15 is 0 Å². The van der Waals surface area contributed by atoms with E-state index in [9.17, 15) is 10.1 Å². The summed E-state index contributed by atoms with van der Waals surface area (Å²) in [6.45, 7) is 4.13. The number of benzene rings is 2. The minimum Gasteiger partial charge on any atom is -0.487 e. The number of nitro benzene ring substituents is 1. The van der Waals surface area contributed by atoms with E-state index in [4.69, 9.17) is 4.74 Å². The van der Waals surface area contributed by atoms with Crippen molar-refractivity contribution in [1.82, 2.24) is 20.2 Å². The molecule has 0 unspecified atom stereocenters. The molecule has 3 rings (SSSR count). The molecule has 9 heteroatoms. The van der Waals surface area contributed by atoms with Gasteiger partial charge in [-0.15, -0.1) is 5.10 Å². The Morgan fingerprint density at radius 1 is 1.24 bits per heavy atom. The second kappa shape index (κ2) is 7.31. The lowest BCUT2D eigenvalue weighted by Gasteiger charge is -2.07. The Morgan fingerprint density at radius 2 is 2.00 bits per heavy atom. The second-order valence-corrected chi connectivity index (χ2v) is 6.17. The summed E-state index contributed by atoms with van der Waals surface area (Å²) in [4.78, 5) is 11.4. The summed E-state index contributed by atoms with van der Waals surface area (Å²) in [6.07, 6.45) is 0. The van der Waals surface area contributed by atoms with Crippen molar-refractivity contribution in [1.29, 1.82) is 0 Å². The van der Waals surface area contributed by atoms with Crippen LogP contribution in [0.4, 0.5) is 5.69 Å². The molecule has 0 aliphatic heterocycles. The Morgan fingerprint density at radius 3 is 2.68 bits per heavy atom. The van der Waals surface area contributed by atoms with Gasteiger partial charge in [0.15, 0.2) is 5.75 Å². The van der Waals surface area contributed by atoms with E-state index in [1.54, 1.807) is 23.7 Å². The van der Waals surface area contributed by atoms with Crippen LogP contribution in [0.1, 0.15) is 12.5 Å². The Hall–Kier alpha value is -2.94. The van der Waals surface area contributed by atoms with E-state index in [1.807, 2.05) is 31.2 Å². The van der Waals surface area contributed by atoms with Crippen LogP contribution in [0.15, 0.2) is 52.5 Å². The van der Waals surface area contributed by atoms with Gasteiger partial charge in [-0.3, -0.25) is 10.1 Å². The highest BCUT2D eigenvalue weighted by Crippen LogP contribution is 2.34. The number of tetrazole rings is 1. The van der Waals surface area contributed by atoms with E-state index in [2.05, 4.69) is 15.5 Å². The standard InChI is InChI=1S/C16H15N5O3S/c1-3-24-15-10-13(8-9-14(15)21(22)23)25-16-17-18-19-20(16)12-6-4-11(2)5-7-12/h4-10H,3H2,1-2H3. The van der Waals surface area contributed by atoms with Gasteiger partial charge in [0.25, 0.3) is 0 Å². The van der Waals surface area contributed by atoms with Crippen LogP contribution in [0.25, 0.3) is 5.69 Å². The first-order valence-electron chi connectivity index (χ1n) is 7.53. The minimum atomic E-state index is -0.463. The van der Waals surface area contributed by atoms with Crippen LogP contribution < -0.4 is 4.74 Å². The maximum absolute atomic E-state index is 11.1. The van der Waals surface area contributed by atoms with E-state index in [0.29, 0.717) is 11.8 Å². The molecule has 8 nitrogen and oxygen atoms in total. The van der Waals surface area contributed by atoms with Gasteiger partial charge in [0.2, 0.25) is 5.16 Å². The molecule has 128 valence electrons. The molecule has 0 aliphatic rings. The fourth-order valence-electron chi connectivity index (χ4n) is 2.18. The van der Waals surface area contributed by atoms with Gasteiger partial charge in [0, 0.05) is 17.0 Å². The molecule has 0 N–H and O–H groups in total. The van der Waals surface area contributed by atoms with Crippen LogP contribution >= 0.6 is 11.8 Å². The monoisotopic (exact) mass is 357 g/mol. The molecule has 0 bridgehead atoms. The first-order valence-corrected chi connectivity index (χ1v) is 8.34. The number of ether oxygens (including phenoxy) is 1. The average Bonchev–Trinajstić information content (AvgIpc) is 3.04. The van der Waals surface area contributed by atoms with Gasteiger partial charge in [-0.1, -0.05) is 17.7 Å². The van der Waals surface area contributed by atoms with E-state index < -0.39 is 4.92 Å². The van der Waals surface area contributed by atoms with Crippen LogP contribution in [-0.2, 0) is 0 Å². The molecule has 1 aromatic heterocycles. The zero-order valence-electron chi connectivity index (χ0n) is 13.6. The predicted octanol–water partition coefficient (Wildman–Crippen LogP) is 3.43. The SMILES string of the molecule is CCOc1cc(Sc2nnnn2-c2ccc(C)cc2)ccc1[N+](=O)[O-]. The molecule has 0 spiro atoms. The van der Waals surface area contributed by atoms with Gasteiger partial charge >= 0.3 is 5.69 Å². The molecule has 0 radical (unpaired) electrons. The first-order chi connectivity index (χ1) is 12.1. The summed E-state index contributed by atoms with van der Waals surface area (Å²) >= 11 is 1.30. The molecule has 0 saturated heterocycles. The molecule has 25 heavy (non-hydrogen) atoms. The van der Waals surface area contributed by atoms with Gasteiger partial charge in [0.05, 0.1) is 17.2 Å². The van der Waals surface area contributed by atoms with E-state index in [0.717, 1.165) is 16.1 Å². The quantitative estimate of drug-likeness (QED) is 0.492. The summed E-state index contributed by atoms with van der Waals surface area (Å²) < 4.78 is 6.99. The molecule has 3 aromatic rings. The summed E-state index contributed by atoms with van der Waals surface area (Å²) in [7, 11) is 0. The maximum Gasteiger partial charge on any atom is 0.310 e. The Bertz CT molecular complexity index is 895. The van der Waals surface area contributed by atoms with E-state index in [-0.39, 0.29) is 11.4 Å². The lowest BCUT2D eigenvalue weighted by molar-refractivity contribution is -0.385. The minimum absolute atomic E-state index is 0.0654. The van der Waals surface area contributed by atoms with Crippen molar-refractivity contribution in [3.8, 4) is 11.4 Å². The average molecular weight is 357 g/mol. The summed E-state index contributed by atoms with van der Waals surface area (Å²) in [5.41, 5.74) is 1.91. The Labute approximate surface area is 148 Å². The fraction of sp³-hybridized carbons (Fsp3) is 0.188. The lowest BCUT2D eigenvalue weighted by atomic mass is 10.2. The summed E-state index contributed by atoms with van der Waals surface area (Å²) in [5.74, 6) is 0.229. The summed E-state index contributed by atoms with van der Waals surface area (Å²) in [5, 5.41) is 23.4. The number of nitro groups is 1.